The van der Waals surface area contributed by atoms with Crippen LogP contribution in [0, 0.1) is 0 Å². The van der Waals surface area contributed by atoms with Crippen molar-refractivity contribution in [1.82, 2.24) is 4.90 Å². The predicted molar refractivity (Wildman–Crippen MR) is 74.9 cm³/mol. The number of aliphatic hydroxyl groups is 1. The second-order valence-corrected chi connectivity index (χ2v) is 4.65. The first kappa shape index (κ1) is 15.0. The third-order valence-electron chi connectivity index (χ3n) is 3.05. The van der Waals surface area contributed by atoms with E-state index in [1.54, 1.807) is 7.11 Å². The molecule has 0 aliphatic carbocycles. The van der Waals surface area contributed by atoms with Gasteiger partial charge in [-0.25, -0.2) is 0 Å². The monoisotopic (exact) mass is 251 g/mol. The molecule has 1 aromatic carbocycles. The summed E-state index contributed by atoms with van der Waals surface area (Å²) in [6, 6.07) is 8.13. The Bertz CT molecular complexity index is 324. The number of ether oxygens (including phenoxy) is 1. The van der Waals surface area contributed by atoms with Gasteiger partial charge in [0.15, 0.2) is 0 Å². The van der Waals surface area contributed by atoms with Gasteiger partial charge < -0.3 is 9.84 Å². The summed E-state index contributed by atoms with van der Waals surface area (Å²) in [6.07, 6.45) is 1.69. The van der Waals surface area contributed by atoms with Crippen LogP contribution in [0.5, 0.6) is 5.75 Å². The molecular weight excluding hydrogens is 226 g/mol. The zero-order valence-corrected chi connectivity index (χ0v) is 11.7. The summed E-state index contributed by atoms with van der Waals surface area (Å²) in [7, 11) is 1.68. The lowest BCUT2D eigenvalue weighted by atomic mass is 10.1. The molecule has 102 valence electrons. The molecule has 0 heterocycles. The number of rotatable bonds is 8. The number of nitrogens with zero attached hydrogens (tertiary/aromatic N) is 1. The van der Waals surface area contributed by atoms with E-state index in [0.717, 1.165) is 38.2 Å². The predicted octanol–water partition coefficient (Wildman–Crippen LogP) is 2.68. The fraction of sp³-hybridized carbons (Fsp3) is 0.600. The molecule has 0 aromatic heterocycles. The minimum atomic E-state index is -0.227. The van der Waals surface area contributed by atoms with Crippen molar-refractivity contribution in [2.45, 2.75) is 39.3 Å². The Hall–Kier alpha value is -1.06. The van der Waals surface area contributed by atoms with E-state index in [-0.39, 0.29) is 6.10 Å². The molecule has 3 heteroatoms. The van der Waals surface area contributed by atoms with Crippen molar-refractivity contribution < 1.29 is 9.84 Å². The van der Waals surface area contributed by atoms with Crippen LogP contribution < -0.4 is 4.74 Å². The smallest absolute Gasteiger partial charge is 0.118 e. The molecule has 0 bridgehead atoms. The maximum atomic E-state index is 9.75. The fourth-order valence-corrected chi connectivity index (χ4v) is 1.97. The van der Waals surface area contributed by atoms with Crippen LogP contribution in [-0.2, 0) is 6.54 Å². The van der Waals surface area contributed by atoms with E-state index in [4.69, 9.17) is 4.74 Å². The van der Waals surface area contributed by atoms with Gasteiger partial charge in [0.2, 0.25) is 0 Å². The molecule has 0 saturated heterocycles. The molecule has 0 fully saturated rings. The Kier molecular flexibility index (Phi) is 6.76. The summed E-state index contributed by atoms with van der Waals surface area (Å²) in [5.41, 5.74) is 1.26. The Balaban J connectivity index is 2.58. The lowest BCUT2D eigenvalue weighted by molar-refractivity contribution is 0.105. The third-order valence-corrected chi connectivity index (χ3v) is 3.05. The van der Waals surface area contributed by atoms with Crippen molar-refractivity contribution in [3.05, 3.63) is 29.8 Å². The van der Waals surface area contributed by atoms with Gasteiger partial charge in [0, 0.05) is 13.1 Å². The molecule has 0 unspecified atom stereocenters. The van der Waals surface area contributed by atoms with Gasteiger partial charge >= 0.3 is 0 Å². The summed E-state index contributed by atoms with van der Waals surface area (Å²) in [5, 5.41) is 9.75. The Morgan fingerprint density at radius 1 is 1.22 bits per heavy atom. The normalized spacial score (nSPS) is 12.7. The largest absolute Gasteiger partial charge is 0.497 e. The molecule has 1 aromatic rings. The highest BCUT2D eigenvalue weighted by molar-refractivity contribution is 5.27. The van der Waals surface area contributed by atoms with Gasteiger partial charge in [0.1, 0.15) is 5.75 Å². The first-order valence-corrected chi connectivity index (χ1v) is 6.72. The van der Waals surface area contributed by atoms with Gasteiger partial charge in [-0.2, -0.15) is 0 Å². The minimum absolute atomic E-state index is 0.227. The SMILES string of the molecule is CCCN(Cc1ccc(OC)cc1)C[C@H](O)CC. The number of methoxy groups -OCH3 is 1. The van der Waals surface area contributed by atoms with Gasteiger partial charge in [0.05, 0.1) is 13.2 Å². The molecular formula is C15H25NO2. The highest BCUT2D eigenvalue weighted by Gasteiger charge is 2.10. The number of benzene rings is 1. The number of aliphatic hydroxyl groups excluding tert-OH is 1. The van der Waals surface area contributed by atoms with Crippen molar-refractivity contribution in [1.29, 1.82) is 0 Å². The molecule has 0 radical (unpaired) electrons. The van der Waals surface area contributed by atoms with Crippen molar-refractivity contribution in [2.75, 3.05) is 20.2 Å². The minimum Gasteiger partial charge on any atom is -0.497 e. The van der Waals surface area contributed by atoms with Crippen LogP contribution in [0.1, 0.15) is 32.3 Å². The van der Waals surface area contributed by atoms with E-state index in [1.807, 2.05) is 19.1 Å². The maximum absolute atomic E-state index is 9.75. The van der Waals surface area contributed by atoms with Gasteiger partial charge in [-0.1, -0.05) is 26.0 Å². The van der Waals surface area contributed by atoms with Crippen molar-refractivity contribution in [3.63, 3.8) is 0 Å². The molecule has 1 N–H and O–H groups in total. The topological polar surface area (TPSA) is 32.7 Å². The van der Waals surface area contributed by atoms with Crippen molar-refractivity contribution in [3.8, 4) is 5.75 Å². The second-order valence-electron chi connectivity index (χ2n) is 4.65. The van der Waals surface area contributed by atoms with Crippen LogP contribution in [0.15, 0.2) is 24.3 Å². The number of hydrogen-bond acceptors (Lipinski definition) is 3. The van der Waals surface area contributed by atoms with E-state index < -0.39 is 0 Å². The summed E-state index contributed by atoms with van der Waals surface area (Å²) in [6.45, 7) is 6.83. The van der Waals surface area contributed by atoms with Crippen LogP contribution in [-0.4, -0.2) is 36.3 Å². The van der Waals surface area contributed by atoms with Gasteiger partial charge in [0.25, 0.3) is 0 Å². The van der Waals surface area contributed by atoms with Crippen LogP contribution >= 0.6 is 0 Å². The molecule has 3 nitrogen and oxygen atoms in total. The molecule has 0 aliphatic rings. The Labute approximate surface area is 110 Å². The second kappa shape index (κ2) is 8.11. The van der Waals surface area contributed by atoms with Crippen molar-refractivity contribution >= 4 is 0 Å². The van der Waals surface area contributed by atoms with Crippen LogP contribution in [0.3, 0.4) is 0 Å². The highest BCUT2D eigenvalue weighted by Crippen LogP contribution is 2.13. The van der Waals surface area contributed by atoms with E-state index in [9.17, 15) is 5.11 Å². The average molecular weight is 251 g/mol. The molecule has 0 amide bonds. The highest BCUT2D eigenvalue weighted by atomic mass is 16.5. The Morgan fingerprint density at radius 3 is 2.39 bits per heavy atom. The lowest BCUT2D eigenvalue weighted by Gasteiger charge is -2.24. The zero-order chi connectivity index (χ0) is 13.4. The van der Waals surface area contributed by atoms with Gasteiger partial charge in [-0.15, -0.1) is 0 Å². The molecule has 18 heavy (non-hydrogen) atoms. The van der Waals surface area contributed by atoms with E-state index in [0.29, 0.717) is 0 Å². The summed E-state index contributed by atoms with van der Waals surface area (Å²) in [4.78, 5) is 2.30. The molecule has 0 aliphatic heterocycles. The number of hydrogen-bond donors (Lipinski definition) is 1. The molecule has 1 atom stereocenters. The van der Waals surface area contributed by atoms with Gasteiger partial charge in [-0.05, 0) is 37.1 Å². The average Bonchev–Trinajstić information content (AvgIpc) is 2.39. The summed E-state index contributed by atoms with van der Waals surface area (Å²) in [5.74, 6) is 0.884. The standard InChI is InChI=1S/C15H25NO2/c1-4-10-16(12-14(17)5-2)11-13-6-8-15(18-3)9-7-13/h6-9,14,17H,4-5,10-12H2,1-3H3/t14-/m1/s1. The van der Waals surface area contributed by atoms with Crippen molar-refractivity contribution in [2.24, 2.45) is 0 Å². The van der Waals surface area contributed by atoms with E-state index >= 15 is 0 Å². The zero-order valence-electron chi connectivity index (χ0n) is 11.7. The quantitative estimate of drug-likeness (QED) is 0.771. The van der Waals surface area contributed by atoms with E-state index in [2.05, 4.69) is 24.0 Å². The fourth-order valence-electron chi connectivity index (χ4n) is 1.97. The Morgan fingerprint density at radius 2 is 1.89 bits per heavy atom. The lowest BCUT2D eigenvalue weighted by Crippen LogP contribution is -2.32. The maximum Gasteiger partial charge on any atom is 0.118 e. The van der Waals surface area contributed by atoms with E-state index in [1.165, 1.54) is 5.56 Å². The van der Waals surface area contributed by atoms with Crippen LogP contribution in [0.4, 0.5) is 0 Å². The summed E-state index contributed by atoms with van der Waals surface area (Å²) < 4.78 is 5.15. The van der Waals surface area contributed by atoms with Crippen LogP contribution in [0.25, 0.3) is 0 Å². The molecule has 1 rings (SSSR count). The van der Waals surface area contributed by atoms with Gasteiger partial charge in [-0.3, -0.25) is 4.90 Å². The molecule has 0 spiro atoms. The third kappa shape index (κ3) is 5.07. The molecule has 0 saturated carbocycles. The van der Waals surface area contributed by atoms with Crippen LogP contribution in [0.2, 0.25) is 0 Å². The first-order chi connectivity index (χ1) is 8.69. The first-order valence-electron chi connectivity index (χ1n) is 6.72. The summed E-state index contributed by atoms with van der Waals surface area (Å²) >= 11 is 0.